The van der Waals surface area contributed by atoms with Gasteiger partial charge in [0.1, 0.15) is 5.82 Å². The van der Waals surface area contributed by atoms with Gasteiger partial charge < -0.3 is 15.4 Å². The summed E-state index contributed by atoms with van der Waals surface area (Å²) in [5.41, 5.74) is 1.07. The first-order valence-electron chi connectivity index (χ1n) is 6.97. The molecule has 120 valence electrons. The van der Waals surface area contributed by atoms with Crippen molar-refractivity contribution in [3.05, 3.63) is 59.9 Å². The molecular formula is C17H17FN2O3. The van der Waals surface area contributed by atoms with E-state index in [0.29, 0.717) is 11.3 Å². The van der Waals surface area contributed by atoms with Gasteiger partial charge in [-0.2, -0.15) is 0 Å². The van der Waals surface area contributed by atoms with E-state index in [1.807, 2.05) is 6.07 Å². The van der Waals surface area contributed by atoms with Crippen LogP contribution in [0.15, 0.2) is 48.5 Å². The molecule has 0 fully saturated rings. The Morgan fingerprint density at radius 2 is 1.78 bits per heavy atom. The molecule has 0 aliphatic heterocycles. The molecular weight excluding hydrogens is 299 g/mol. The minimum Gasteiger partial charge on any atom is -0.367 e. The van der Waals surface area contributed by atoms with Gasteiger partial charge in [0, 0.05) is 19.7 Å². The highest BCUT2D eigenvalue weighted by Gasteiger charge is 2.20. The molecule has 0 aliphatic rings. The van der Waals surface area contributed by atoms with E-state index in [9.17, 15) is 14.0 Å². The fraction of sp³-hybridized carbons (Fsp3) is 0.176. The third-order valence-electron chi connectivity index (χ3n) is 3.12. The summed E-state index contributed by atoms with van der Waals surface area (Å²) in [6.07, 6.45) is -0.787. The number of nitrogens with one attached hydrogen (secondary N) is 2. The number of benzene rings is 2. The Morgan fingerprint density at radius 1 is 1.09 bits per heavy atom. The number of carbonyl (C=O) groups is 2. The summed E-state index contributed by atoms with van der Waals surface area (Å²) >= 11 is 0. The maximum absolute atomic E-state index is 13.6. The first-order chi connectivity index (χ1) is 11.0. The number of rotatable bonds is 5. The van der Waals surface area contributed by atoms with E-state index >= 15 is 0 Å². The second kappa shape index (κ2) is 7.51. The first kappa shape index (κ1) is 16.6. The molecule has 0 aliphatic carbocycles. The van der Waals surface area contributed by atoms with Gasteiger partial charge in [0.15, 0.2) is 6.10 Å². The van der Waals surface area contributed by atoms with Crippen molar-refractivity contribution in [3.63, 3.8) is 0 Å². The maximum Gasteiger partial charge on any atom is 0.258 e. The second-order valence-electron chi connectivity index (χ2n) is 4.89. The summed E-state index contributed by atoms with van der Waals surface area (Å²) in [6, 6.07) is 13.0. The second-order valence-corrected chi connectivity index (χ2v) is 4.89. The summed E-state index contributed by atoms with van der Waals surface area (Å²) in [7, 11) is 1.44. The Morgan fingerprint density at radius 3 is 2.39 bits per heavy atom. The lowest BCUT2D eigenvalue weighted by Crippen LogP contribution is -2.22. The van der Waals surface area contributed by atoms with Gasteiger partial charge in [-0.15, -0.1) is 0 Å². The molecule has 0 aromatic heterocycles. The Hall–Kier alpha value is -2.73. The summed E-state index contributed by atoms with van der Waals surface area (Å²) in [6.45, 7) is 1.28. The number of anilines is 2. The van der Waals surface area contributed by atoms with Crippen molar-refractivity contribution in [3.8, 4) is 0 Å². The smallest absolute Gasteiger partial charge is 0.258 e. The van der Waals surface area contributed by atoms with Crippen molar-refractivity contribution < 1.29 is 18.7 Å². The summed E-state index contributed by atoms with van der Waals surface area (Å²) in [5, 5.41) is 5.02. The van der Waals surface area contributed by atoms with Crippen LogP contribution in [0.3, 0.4) is 0 Å². The average molecular weight is 316 g/mol. The van der Waals surface area contributed by atoms with Crippen LogP contribution in [0.5, 0.6) is 0 Å². The molecule has 23 heavy (non-hydrogen) atoms. The molecule has 0 heterocycles. The number of methoxy groups -OCH3 is 1. The lowest BCUT2D eigenvalue weighted by Gasteiger charge is -2.16. The van der Waals surface area contributed by atoms with Crippen LogP contribution >= 0.6 is 0 Å². The van der Waals surface area contributed by atoms with Crippen LogP contribution in [0.25, 0.3) is 0 Å². The van der Waals surface area contributed by atoms with Crippen molar-refractivity contribution in [2.24, 2.45) is 0 Å². The molecule has 1 unspecified atom stereocenters. The molecule has 2 rings (SSSR count). The van der Waals surface area contributed by atoms with Crippen LogP contribution in [-0.4, -0.2) is 18.9 Å². The highest BCUT2D eigenvalue weighted by molar-refractivity contribution is 5.96. The van der Waals surface area contributed by atoms with Crippen LogP contribution in [0.4, 0.5) is 15.8 Å². The fourth-order valence-corrected chi connectivity index (χ4v) is 2.12. The molecule has 2 N–H and O–H groups in total. The van der Waals surface area contributed by atoms with Crippen molar-refractivity contribution in [2.75, 3.05) is 17.7 Å². The Bertz CT molecular complexity index is 704. The zero-order valence-corrected chi connectivity index (χ0v) is 12.8. The largest absolute Gasteiger partial charge is 0.367 e. The van der Waals surface area contributed by atoms with Gasteiger partial charge in [-0.25, -0.2) is 4.39 Å². The Balaban J connectivity index is 2.17. The van der Waals surface area contributed by atoms with Crippen molar-refractivity contribution in [1.82, 2.24) is 0 Å². The summed E-state index contributed by atoms with van der Waals surface area (Å²) in [5.74, 6) is -1.37. The quantitative estimate of drug-likeness (QED) is 0.890. The molecule has 0 spiro atoms. The zero-order chi connectivity index (χ0) is 16.8. The number of hydrogen-bond donors (Lipinski definition) is 2. The van der Waals surface area contributed by atoms with Crippen LogP contribution in [0.2, 0.25) is 0 Å². The van der Waals surface area contributed by atoms with E-state index in [1.54, 1.807) is 24.3 Å². The van der Waals surface area contributed by atoms with Gasteiger partial charge in [-0.1, -0.05) is 30.3 Å². The predicted octanol–water partition coefficient (Wildman–Crippen LogP) is 3.11. The van der Waals surface area contributed by atoms with Gasteiger partial charge in [0.25, 0.3) is 5.91 Å². The molecule has 0 saturated heterocycles. The van der Waals surface area contributed by atoms with E-state index in [2.05, 4.69) is 10.6 Å². The molecule has 2 amide bonds. The molecule has 6 heteroatoms. The summed E-state index contributed by atoms with van der Waals surface area (Å²) < 4.78 is 18.8. The Kier molecular flexibility index (Phi) is 5.43. The average Bonchev–Trinajstić information content (AvgIpc) is 2.52. The molecule has 2 aromatic rings. The number of halogens is 1. The predicted molar refractivity (Wildman–Crippen MR) is 85.5 cm³/mol. The van der Waals surface area contributed by atoms with Gasteiger partial charge in [0.05, 0.1) is 5.69 Å². The standard InChI is InChI=1S/C17H17FN2O3/c1-11(21)19-15-10-13(8-9-14(15)18)20-17(22)16(23-2)12-6-4-3-5-7-12/h3-10,16H,1-2H3,(H,19,21)(H,20,22). The van der Waals surface area contributed by atoms with Crippen molar-refractivity contribution in [1.29, 1.82) is 0 Å². The van der Waals surface area contributed by atoms with E-state index < -0.39 is 17.8 Å². The van der Waals surface area contributed by atoms with Gasteiger partial charge in [0.2, 0.25) is 5.91 Å². The van der Waals surface area contributed by atoms with Crippen molar-refractivity contribution >= 4 is 23.2 Å². The molecule has 2 aromatic carbocycles. The normalized spacial score (nSPS) is 11.6. The summed E-state index contributed by atoms with van der Waals surface area (Å²) in [4.78, 5) is 23.4. The van der Waals surface area contributed by atoms with Crippen LogP contribution in [0.1, 0.15) is 18.6 Å². The SMILES string of the molecule is COC(C(=O)Nc1ccc(F)c(NC(C)=O)c1)c1ccccc1. The lowest BCUT2D eigenvalue weighted by molar-refractivity contribution is -0.126. The minimum atomic E-state index is -0.787. The van der Waals surface area contributed by atoms with Crippen LogP contribution in [0, 0.1) is 5.82 Å². The number of ether oxygens (including phenoxy) is 1. The Labute approximate surface area is 133 Å². The van der Waals surface area contributed by atoms with Gasteiger partial charge in [-0.3, -0.25) is 9.59 Å². The first-order valence-corrected chi connectivity index (χ1v) is 6.97. The van der Waals surface area contributed by atoms with Gasteiger partial charge in [-0.05, 0) is 23.8 Å². The fourth-order valence-electron chi connectivity index (χ4n) is 2.12. The van der Waals surface area contributed by atoms with E-state index in [4.69, 9.17) is 4.74 Å². The number of amides is 2. The maximum atomic E-state index is 13.6. The van der Waals surface area contributed by atoms with Crippen molar-refractivity contribution in [2.45, 2.75) is 13.0 Å². The monoisotopic (exact) mass is 316 g/mol. The van der Waals surface area contributed by atoms with Crippen LogP contribution in [-0.2, 0) is 14.3 Å². The van der Waals surface area contributed by atoms with Crippen LogP contribution < -0.4 is 10.6 Å². The van der Waals surface area contributed by atoms with Gasteiger partial charge >= 0.3 is 0 Å². The molecule has 5 nitrogen and oxygen atoms in total. The molecule has 0 saturated carbocycles. The number of carbonyl (C=O) groups excluding carboxylic acids is 2. The minimum absolute atomic E-state index is 0.00368. The number of hydrogen-bond acceptors (Lipinski definition) is 3. The highest BCUT2D eigenvalue weighted by Crippen LogP contribution is 2.22. The third kappa shape index (κ3) is 4.37. The topological polar surface area (TPSA) is 67.4 Å². The molecule has 0 bridgehead atoms. The molecule has 1 atom stereocenters. The zero-order valence-electron chi connectivity index (χ0n) is 12.8. The molecule has 0 radical (unpaired) electrons. The third-order valence-corrected chi connectivity index (χ3v) is 3.12. The van der Waals surface area contributed by atoms with E-state index in [-0.39, 0.29) is 11.6 Å². The van der Waals surface area contributed by atoms with E-state index in [0.717, 1.165) is 0 Å². The highest BCUT2D eigenvalue weighted by atomic mass is 19.1. The van der Waals surface area contributed by atoms with E-state index in [1.165, 1.54) is 32.2 Å². The lowest BCUT2D eigenvalue weighted by atomic mass is 10.1.